The maximum Gasteiger partial charge on any atom is 0.0716 e. The van der Waals surface area contributed by atoms with Gasteiger partial charge < -0.3 is 9.47 Å². The Hall–Kier alpha value is -0.860. The Bertz CT molecular complexity index is 209. The maximum absolute atomic E-state index is 5.44. The highest BCUT2D eigenvalue weighted by molar-refractivity contribution is 5.13. The minimum atomic E-state index is 0. The van der Waals surface area contributed by atoms with Crippen LogP contribution in [0.4, 0.5) is 0 Å². The lowest BCUT2D eigenvalue weighted by molar-refractivity contribution is 0.0928. The van der Waals surface area contributed by atoms with Gasteiger partial charge in [0.15, 0.2) is 0 Å². The Balaban J connectivity index is 0.00000169. The monoisotopic (exact) mass is 196 g/mol. The third-order valence-corrected chi connectivity index (χ3v) is 1.75. The molecule has 0 amide bonds. The highest BCUT2D eigenvalue weighted by atomic mass is 16.5. The van der Waals surface area contributed by atoms with E-state index in [0.717, 1.165) is 19.6 Å². The molecule has 0 aliphatic carbocycles. The third-order valence-electron chi connectivity index (χ3n) is 1.75. The van der Waals surface area contributed by atoms with Crippen molar-refractivity contribution >= 4 is 0 Å². The van der Waals surface area contributed by atoms with E-state index in [0.29, 0.717) is 6.61 Å². The fraction of sp³-hybridized carbons (Fsp3) is 0.500. The van der Waals surface area contributed by atoms with E-state index in [-0.39, 0.29) is 7.43 Å². The zero-order valence-electron chi connectivity index (χ0n) is 8.03. The van der Waals surface area contributed by atoms with E-state index in [1.54, 1.807) is 7.11 Å². The van der Waals surface area contributed by atoms with Crippen LogP contribution in [0, 0.1) is 0 Å². The Morgan fingerprint density at radius 3 is 2.43 bits per heavy atom. The van der Waals surface area contributed by atoms with Crippen molar-refractivity contribution in [2.24, 2.45) is 0 Å². The zero-order chi connectivity index (χ0) is 9.36. The molecule has 0 saturated carbocycles. The van der Waals surface area contributed by atoms with Gasteiger partial charge in [-0.15, -0.1) is 0 Å². The number of methoxy groups -OCH3 is 1. The Morgan fingerprint density at radius 2 is 1.79 bits per heavy atom. The summed E-state index contributed by atoms with van der Waals surface area (Å²) in [6, 6.07) is 10.2. The fourth-order valence-corrected chi connectivity index (χ4v) is 1.07. The lowest BCUT2D eigenvalue weighted by atomic mass is 10.2. The van der Waals surface area contributed by atoms with Crippen LogP contribution in [-0.2, 0) is 16.1 Å². The van der Waals surface area contributed by atoms with Gasteiger partial charge in [-0.3, -0.25) is 0 Å². The predicted molar refractivity (Wildman–Crippen MR) is 59.3 cm³/mol. The lowest BCUT2D eigenvalue weighted by Gasteiger charge is -2.03. The molecule has 1 aromatic rings. The van der Waals surface area contributed by atoms with Crippen molar-refractivity contribution in [1.82, 2.24) is 0 Å². The topological polar surface area (TPSA) is 18.5 Å². The predicted octanol–water partition coefficient (Wildman–Crippen LogP) is 2.88. The SMILES string of the molecule is C.COCCCOCc1ccccc1. The molecule has 0 aliphatic rings. The normalized spacial score (nSPS) is 9.50. The summed E-state index contributed by atoms with van der Waals surface area (Å²) in [5, 5.41) is 0. The molecular formula is C12H20O2. The molecule has 0 fully saturated rings. The fourth-order valence-electron chi connectivity index (χ4n) is 1.07. The summed E-state index contributed by atoms with van der Waals surface area (Å²) in [6.45, 7) is 2.24. The number of hydrogen-bond acceptors (Lipinski definition) is 2. The first-order chi connectivity index (χ1) is 6.43. The summed E-state index contributed by atoms with van der Waals surface area (Å²) in [6.07, 6.45) is 0.962. The highest BCUT2D eigenvalue weighted by Gasteiger charge is 1.91. The molecule has 0 aromatic heterocycles. The van der Waals surface area contributed by atoms with Gasteiger partial charge in [0.25, 0.3) is 0 Å². The molecular weight excluding hydrogens is 176 g/mol. The van der Waals surface area contributed by atoms with Crippen molar-refractivity contribution in [3.8, 4) is 0 Å². The van der Waals surface area contributed by atoms with Crippen LogP contribution >= 0.6 is 0 Å². The van der Waals surface area contributed by atoms with Crippen LogP contribution in [0.3, 0.4) is 0 Å². The Kier molecular flexibility index (Phi) is 8.19. The third kappa shape index (κ3) is 5.73. The summed E-state index contributed by atoms with van der Waals surface area (Å²) in [7, 11) is 1.71. The molecule has 14 heavy (non-hydrogen) atoms. The summed E-state index contributed by atoms with van der Waals surface area (Å²) in [4.78, 5) is 0. The van der Waals surface area contributed by atoms with Crippen molar-refractivity contribution in [3.63, 3.8) is 0 Å². The molecule has 80 valence electrons. The first-order valence-corrected chi connectivity index (χ1v) is 4.54. The summed E-state index contributed by atoms with van der Waals surface area (Å²) in [5.41, 5.74) is 1.22. The number of benzene rings is 1. The van der Waals surface area contributed by atoms with E-state index in [2.05, 4.69) is 12.1 Å². The Labute approximate surface area is 86.9 Å². The van der Waals surface area contributed by atoms with E-state index in [4.69, 9.17) is 9.47 Å². The Morgan fingerprint density at radius 1 is 1.07 bits per heavy atom. The van der Waals surface area contributed by atoms with Gasteiger partial charge in [-0.05, 0) is 12.0 Å². The minimum absolute atomic E-state index is 0. The van der Waals surface area contributed by atoms with Gasteiger partial charge in [0, 0.05) is 20.3 Å². The van der Waals surface area contributed by atoms with Gasteiger partial charge in [0.1, 0.15) is 0 Å². The van der Waals surface area contributed by atoms with Crippen LogP contribution in [0.25, 0.3) is 0 Å². The summed E-state index contributed by atoms with van der Waals surface area (Å²) in [5.74, 6) is 0. The van der Waals surface area contributed by atoms with E-state index >= 15 is 0 Å². The van der Waals surface area contributed by atoms with E-state index < -0.39 is 0 Å². The van der Waals surface area contributed by atoms with Crippen molar-refractivity contribution in [1.29, 1.82) is 0 Å². The van der Waals surface area contributed by atoms with Crippen LogP contribution in [0.5, 0.6) is 0 Å². The molecule has 1 aromatic carbocycles. The zero-order valence-corrected chi connectivity index (χ0v) is 8.03. The molecule has 0 heterocycles. The molecule has 1 rings (SSSR count). The van der Waals surface area contributed by atoms with Gasteiger partial charge in [0.2, 0.25) is 0 Å². The number of hydrogen-bond donors (Lipinski definition) is 0. The molecule has 0 N–H and O–H groups in total. The van der Waals surface area contributed by atoms with Gasteiger partial charge in [-0.1, -0.05) is 37.8 Å². The quantitative estimate of drug-likeness (QED) is 0.651. The van der Waals surface area contributed by atoms with Crippen LogP contribution < -0.4 is 0 Å². The second-order valence-electron chi connectivity index (χ2n) is 2.88. The van der Waals surface area contributed by atoms with Crippen molar-refractivity contribution < 1.29 is 9.47 Å². The first-order valence-electron chi connectivity index (χ1n) is 4.54. The van der Waals surface area contributed by atoms with Crippen LogP contribution in [0.1, 0.15) is 19.4 Å². The molecule has 0 radical (unpaired) electrons. The molecule has 2 heteroatoms. The van der Waals surface area contributed by atoms with Gasteiger partial charge in [-0.25, -0.2) is 0 Å². The summed E-state index contributed by atoms with van der Waals surface area (Å²) >= 11 is 0. The van der Waals surface area contributed by atoms with E-state index in [1.165, 1.54) is 5.56 Å². The van der Waals surface area contributed by atoms with E-state index in [9.17, 15) is 0 Å². The smallest absolute Gasteiger partial charge is 0.0716 e. The standard InChI is InChI=1S/C11H16O2.CH4/c1-12-8-5-9-13-10-11-6-3-2-4-7-11;/h2-4,6-7H,5,8-10H2,1H3;1H4. The number of ether oxygens (including phenoxy) is 2. The van der Waals surface area contributed by atoms with Crippen molar-refractivity contribution in [2.75, 3.05) is 20.3 Å². The van der Waals surface area contributed by atoms with Crippen LogP contribution in [-0.4, -0.2) is 20.3 Å². The van der Waals surface area contributed by atoms with Gasteiger partial charge in [-0.2, -0.15) is 0 Å². The van der Waals surface area contributed by atoms with Gasteiger partial charge >= 0.3 is 0 Å². The average Bonchev–Trinajstić information content (AvgIpc) is 2.19. The van der Waals surface area contributed by atoms with Crippen LogP contribution in [0.2, 0.25) is 0 Å². The molecule has 0 aliphatic heterocycles. The number of rotatable bonds is 6. The van der Waals surface area contributed by atoms with Crippen molar-refractivity contribution in [3.05, 3.63) is 35.9 Å². The average molecular weight is 196 g/mol. The largest absolute Gasteiger partial charge is 0.385 e. The molecule has 2 nitrogen and oxygen atoms in total. The van der Waals surface area contributed by atoms with Crippen LogP contribution in [0.15, 0.2) is 30.3 Å². The maximum atomic E-state index is 5.44. The van der Waals surface area contributed by atoms with Crippen molar-refractivity contribution in [2.45, 2.75) is 20.5 Å². The second kappa shape index (κ2) is 8.73. The molecule has 0 bridgehead atoms. The van der Waals surface area contributed by atoms with Gasteiger partial charge in [0.05, 0.1) is 6.61 Å². The molecule has 0 unspecified atom stereocenters. The molecule has 0 spiro atoms. The summed E-state index contributed by atoms with van der Waals surface area (Å²) < 4.78 is 10.4. The minimum Gasteiger partial charge on any atom is -0.385 e. The molecule has 0 saturated heterocycles. The highest BCUT2D eigenvalue weighted by Crippen LogP contribution is 2.00. The van der Waals surface area contributed by atoms with E-state index in [1.807, 2.05) is 18.2 Å². The first kappa shape index (κ1) is 13.1. The second-order valence-corrected chi connectivity index (χ2v) is 2.88. The molecule has 0 atom stereocenters. The lowest BCUT2D eigenvalue weighted by Crippen LogP contribution is -1.98.